The van der Waals surface area contributed by atoms with Crippen LogP contribution in [0.3, 0.4) is 0 Å². The molecule has 0 N–H and O–H groups in total. The molecule has 182 valence electrons. The average Bonchev–Trinajstić information content (AvgIpc) is 3.28. The summed E-state index contributed by atoms with van der Waals surface area (Å²) < 4.78 is 0. The van der Waals surface area contributed by atoms with Crippen molar-refractivity contribution in [2.75, 3.05) is 13.1 Å². The molecule has 1 aliphatic heterocycles. The van der Waals surface area contributed by atoms with Crippen LogP contribution < -0.4 is 0 Å². The number of carbonyl (C=O) groups excluding carboxylic acids is 2. The van der Waals surface area contributed by atoms with E-state index in [9.17, 15) is 9.59 Å². The van der Waals surface area contributed by atoms with Crippen molar-refractivity contribution >= 4 is 27.5 Å². The van der Waals surface area contributed by atoms with Gasteiger partial charge in [-0.05, 0) is 101 Å². The molecule has 0 bridgehead atoms. The summed E-state index contributed by atoms with van der Waals surface area (Å²) in [6.07, 6.45) is 3.59. The van der Waals surface area contributed by atoms with Gasteiger partial charge in [-0.3, -0.25) is 14.5 Å². The average molecular weight is 517 g/mol. The molecule has 0 saturated carbocycles. The number of benzene rings is 2. The Morgan fingerprint density at radius 3 is 1.52 bits per heavy atom. The largest absolute Gasteiger partial charge is 0.298 e. The number of alkyl halides is 1. The predicted molar refractivity (Wildman–Crippen MR) is 145 cm³/mol. The van der Waals surface area contributed by atoms with Gasteiger partial charge in [0.05, 0.1) is 10.9 Å². The van der Waals surface area contributed by atoms with Crippen LogP contribution in [0.1, 0.15) is 67.5 Å². The van der Waals surface area contributed by atoms with E-state index in [1.54, 1.807) is 0 Å². The van der Waals surface area contributed by atoms with Crippen LogP contribution >= 0.6 is 15.9 Å². The molecule has 1 aliphatic rings. The molecule has 33 heavy (non-hydrogen) atoms. The summed E-state index contributed by atoms with van der Waals surface area (Å²) in [6, 6.07) is 12.4. The first kappa shape index (κ1) is 29.3. The number of hydrogen-bond acceptors (Lipinski definition) is 3. The van der Waals surface area contributed by atoms with Crippen molar-refractivity contribution in [3.63, 3.8) is 0 Å². The molecular weight excluding hydrogens is 474 g/mol. The van der Waals surface area contributed by atoms with Crippen LogP contribution in [0.25, 0.3) is 0 Å². The van der Waals surface area contributed by atoms with E-state index in [2.05, 4.69) is 85.8 Å². The maximum atomic E-state index is 12.4. The van der Waals surface area contributed by atoms with Crippen molar-refractivity contribution in [2.24, 2.45) is 0 Å². The minimum Gasteiger partial charge on any atom is -0.298 e. The number of aryl methyl sites for hydroxylation is 4. The Balaban J connectivity index is 0.000000331. The first-order valence-corrected chi connectivity index (χ1v) is 12.6. The molecule has 0 amide bonds. The van der Waals surface area contributed by atoms with E-state index in [0.717, 1.165) is 13.1 Å². The first-order chi connectivity index (χ1) is 15.1. The molecule has 2 aromatic carbocycles. The highest BCUT2D eigenvalue weighted by Crippen LogP contribution is 2.18. The van der Waals surface area contributed by atoms with Crippen molar-refractivity contribution in [3.05, 3.63) is 69.8 Å². The molecule has 3 rings (SSSR count). The highest BCUT2D eigenvalue weighted by molar-refractivity contribution is 9.10. The van der Waals surface area contributed by atoms with Crippen LogP contribution in [0.15, 0.2) is 36.4 Å². The van der Waals surface area contributed by atoms with Crippen molar-refractivity contribution in [1.82, 2.24) is 4.90 Å². The van der Waals surface area contributed by atoms with E-state index < -0.39 is 0 Å². The highest BCUT2D eigenvalue weighted by atomic mass is 79.9. The fourth-order valence-corrected chi connectivity index (χ4v) is 4.39. The standard InChI is InChI=1S/C16H23NO.C12H15BrO.CH4/c1-12-7-6-8-13(2)15(12)11-16(18)14(3)17-9-4-5-10-17;1-8-5-4-6-9(2)11(8)7-12(14)10(3)13;/h6-8,14H,4-5,9-11H2,1-3H3;4-6,10H,7H2,1-3H3;1H4. The second-order valence-electron chi connectivity index (χ2n) is 9.06. The van der Waals surface area contributed by atoms with Gasteiger partial charge in [0, 0.05) is 12.8 Å². The van der Waals surface area contributed by atoms with Crippen LogP contribution in [0.4, 0.5) is 0 Å². The third kappa shape index (κ3) is 8.50. The van der Waals surface area contributed by atoms with E-state index in [0.29, 0.717) is 18.6 Å². The Labute approximate surface area is 210 Å². The molecule has 0 aliphatic carbocycles. The number of likely N-dealkylation sites (tertiary alicyclic amines) is 1. The highest BCUT2D eigenvalue weighted by Gasteiger charge is 2.24. The van der Waals surface area contributed by atoms with Gasteiger partial charge in [-0.25, -0.2) is 0 Å². The Hall–Kier alpha value is -1.78. The van der Waals surface area contributed by atoms with Gasteiger partial charge in [-0.1, -0.05) is 59.8 Å². The zero-order chi connectivity index (χ0) is 23.8. The second kappa shape index (κ2) is 13.8. The summed E-state index contributed by atoms with van der Waals surface area (Å²) in [7, 11) is 0. The molecule has 2 aromatic rings. The predicted octanol–water partition coefficient (Wildman–Crippen LogP) is 6.73. The van der Waals surface area contributed by atoms with Crippen molar-refractivity contribution in [3.8, 4) is 0 Å². The van der Waals surface area contributed by atoms with Crippen molar-refractivity contribution in [1.29, 1.82) is 0 Å². The number of Topliss-reactive ketones (excluding diaryl/α,β-unsaturated/α-hetero) is 2. The fourth-order valence-electron chi connectivity index (χ4n) is 4.22. The van der Waals surface area contributed by atoms with E-state index in [-0.39, 0.29) is 24.1 Å². The lowest BCUT2D eigenvalue weighted by molar-refractivity contribution is -0.122. The van der Waals surface area contributed by atoms with E-state index in [4.69, 9.17) is 0 Å². The summed E-state index contributed by atoms with van der Waals surface area (Å²) in [6.45, 7) is 14.4. The van der Waals surface area contributed by atoms with Crippen LogP contribution in [-0.2, 0) is 22.4 Å². The molecule has 0 radical (unpaired) electrons. The quantitative estimate of drug-likeness (QED) is 0.383. The van der Waals surface area contributed by atoms with Crippen LogP contribution in [0.5, 0.6) is 0 Å². The molecule has 1 fully saturated rings. The zero-order valence-electron chi connectivity index (χ0n) is 20.5. The van der Waals surface area contributed by atoms with Gasteiger partial charge in [0.2, 0.25) is 0 Å². The van der Waals surface area contributed by atoms with Crippen molar-refractivity contribution < 1.29 is 9.59 Å². The third-order valence-corrected chi connectivity index (χ3v) is 7.10. The van der Waals surface area contributed by atoms with Gasteiger partial charge in [0.25, 0.3) is 0 Å². The summed E-state index contributed by atoms with van der Waals surface area (Å²) in [5.41, 5.74) is 7.25. The molecule has 0 aromatic heterocycles. The maximum Gasteiger partial charge on any atom is 0.154 e. The van der Waals surface area contributed by atoms with E-state index >= 15 is 0 Å². The van der Waals surface area contributed by atoms with Crippen LogP contribution in [-0.4, -0.2) is 40.4 Å². The molecular formula is C29H42BrNO2. The van der Waals surface area contributed by atoms with Crippen molar-refractivity contribution in [2.45, 2.75) is 85.5 Å². The van der Waals surface area contributed by atoms with E-state index in [1.165, 1.54) is 46.2 Å². The molecule has 1 heterocycles. The van der Waals surface area contributed by atoms with E-state index in [1.807, 2.05) is 13.0 Å². The van der Waals surface area contributed by atoms with Gasteiger partial charge in [-0.2, -0.15) is 0 Å². The topological polar surface area (TPSA) is 37.4 Å². The Morgan fingerprint density at radius 2 is 1.15 bits per heavy atom. The SMILES string of the molecule is C.Cc1cccc(C)c1CC(=O)C(C)Br.Cc1cccc(C)c1CC(=O)C(C)N1CCCC1. The monoisotopic (exact) mass is 515 g/mol. The van der Waals surface area contributed by atoms with Gasteiger partial charge < -0.3 is 0 Å². The lowest BCUT2D eigenvalue weighted by atomic mass is 9.96. The normalized spacial score (nSPS) is 15.1. The lowest BCUT2D eigenvalue weighted by Crippen LogP contribution is -2.37. The second-order valence-corrected chi connectivity index (χ2v) is 10.4. The number of ketones is 2. The van der Waals surface area contributed by atoms with Crippen LogP contribution in [0, 0.1) is 27.7 Å². The maximum absolute atomic E-state index is 12.4. The summed E-state index contributed by atoms with van der Waals surface area (Å²) in [5.74, 6) is 0.594. The summed E-state index contributed by atoms with van der Waals surface area (Å²) in [5, 5.41) is 0. The number of rotatable bonds is 7. The third-order valence-electron chi connectivity index (χ3n) is 6.59. The van der Waals surface area contributed by atoms with Gasteiger partial charge in [-0.15, -0.1) is 0 Å². The molecule has 3 nitrogen and oxygen atoms in total. The lowest BCUT2D eigenvalue weighted by Gasteiger charge is -2.23. The Kier molecular flexibility index (Phi) is 12.2. The first-order valence-electron chi connectivity index (χ1n) is 11.7. The Bertz CT molecular complexity index is 889. The van der Waals surface area contributed by atoms with Gasteiger partial charge in [0.1, 0.15) is 0 Å². The van der Waals surface area contributed by atoms with Gasteiger partial charge >= 0.3 is 0 Å². The Morgan fingerprint density at radius 1 is 0.788 bits per heavy atom. The molecule has 0 spiro atoms. The van der Waals surface area contributed by atoms with Crippen LogP contribution in [0.2, 0.25) is 0 Å². The van der Waals surface area contributed by atoms with Gasteiger partial charge in [0.15, 0.2) is 11.6 Å². The zero-order valence-corrected chi connectivity index (χ0v) is 22.1. The number of carbonyl (C=O) groups is 2. The molecule has 4 heteroatoms. The number of halogens is 1. The minimum absolute atomic E-state index is 0. The fraction of sp³-hybridized carbons (Fsp3) is 0.517. The summed E-state index contributed by atoms with van der Waals surface area (Å²) in [4.78, 5) is 26.2. The smallest absolute Gasteiger partial charge is 0.154 e. The number of nitrogens with zero attached hydrogens (tertiary/aromatic N) is 1. The summed E-state index contributed by atoms with van der Waals surface area (Å²) >= 11 is 3.30. The molecule has 2 atom stereocenters. The molecule has 1 saturated heterocycles. The molecule has 2 unspecified atom stereocenters. The minimum atomic E-state index is -0.0542. The number of hydrogen-bond donors (Lipinski definition) is 0.